The zero-order valence-electron chi connectivity index (χ0n) is 12.4. The molecule has 0 amide bonds. The molecule has 0 bridgehead atoms. The summed E-state index contributed by atoms with van der Waals surface area (Å²) in [5.74, 6) is 1.83. The van der Waals surface area contributed by atoms with Crippen LogP contribution in [-0.4, -0.2) is 16.2 Å². The Labute approximate surface area is 143 Å². The molecular weight excluding hydrogens is 330 g/mol. The SMILES string of the molecule is CSc1nc(Nc2ccccc2Cl)cc(Oc2ccccc2)n1. The van der Waals surface area contributed by atoms with Crippen LogP contribution in [-0.2, 0) is 0 Å². The maximum absolute atomic E-state index is 6.17. The number of rotatable bonds is 5. The van der Waals surface area contributed by atoms with Crippen molar-refractivity contribution in [3.05, 3.63) is 65.7 Å². The van der Waals surface area contributed by atoms with Gasteiger partial charge in [0.25, 0.3) is 0 Å². The highest BCUT2D eigenvalue weighted by atomic mass is 35.5. The van der Waals surface area contributed by atoms with Crippen molar-refractivity contribution < 1.29 is 4.74 Å². The summed E-state index contributed by atoms with van der Waals surface area (Å²) in [6, 6.07) is 18.8. The molecule has 0 unspecified atom stereocenters. The highest BCUT2D eigenvalue weighted by molar-refractivity contribution is 7.98. The number of aromatic nitrogens is 2. The highest BCUT2D eigenvalue weighted by Gasteiger charge is 2.08. The molecule has 0 fully saturated rings. The zero-order chi connectivity index (χ0) is 16.1. The van der Waals surface area contributed by atoms with Crippen molar-refractivity contribution in [3.63, 3.8) is 0 Å². The lowest BCUT2D eigenvalue weighted by molar-refractivity contribution is 0.456. The molecule has 4 nitrogen and oxygen atoms in total. The van der Waals surface area contributed by atoms with Crippen molar-refractivity contribution in [3.8, 4) is 11.6 Å². The van der Waals surface area contributed by atoms with Gasteiger partial charge in [0.05, 0.1) is 10.7 Å². The van der Waals surface area contributed by atoms with E-state index in [1.807, 2.05) is 60.9 Å². The van der Waals surface area contributed by atoms with Crippen LogP contribution in [0.1, 0.15) is 0 Å². The van der Waals surface area contributed by atoms with Crippen molar-refractivity contribution in [1.29, 1.82) is 0 Å². The molecule has 1 N–H and O–H groups in total. The summed E-state index contributed by atoms with van der Waals surface area (Å²) in [6.07, 6.45) is 1.92. The quantitative estimate of drug-likeness (QED) is 0.497. The molecule has 0 aliphatic carbocycles. The summed E-state index contributed by atoms with van der Waals surface area (Å²) < 4.78 is 5.79. The summed E-state index contributed by atoms with van der Waals surface area (Å²) in [6.45, 7) is 0. The first kappa shape index (κ1) is 15.6. The molecule has 0 spiro atoms. The van der Waals surface area contributed by atoms with Gasteiger partial charge in [-0.25, -0.2) is 4.98 Å². The molecule has 116 valence electrons. The number of ether oxygens (including phenoxy) is 1. The van der Waals surface area contributed by atoms with Crippen LogP contribution in [0.4, 0.5) is 11.5 Å². The molecule has 6 heteroatoms. The van der Waals surface area contributed by atoms with Crippen LogP contribution in [0.25, 0.3) is 0 Å². The van der Waals surface area contributed by atoms with Gasteiger partial charge in [0.2, 0.25) is 5.88 Å². The van der Waals surface area contributed by atoms with Gasteiger partial charge in [0.1, 0.15) is 11.6 Å². The normalized spacial score (nSPS) is 10.3. The smallest absolute Gasteiger partial charge is 0.225 e. The standard InChI is InChI=1S/C17H14ClN3OS/c1-23-17-20-15(19-14-10-6-5-9-13(14)18)11-16(21-17)22-12-7-3-2-4-8-12/h2-11H,1H3,(H,19,20,21). The van der Waals surface area contributed by atoms with Gasteiger partial charge in [-0.15, -0.1) is 0 Å². The number of para-hydroxylation sites is 2. The van der Waals surface area contributed by atoms with E-state index in [0.29, 0.717) is 21.9 Å². The fraction of sp³-hybridized carbons (Fsp3) is 0.0588. The van der Waals surface area contributed by atoms with E-state index in [1.165, 1.54) is 11.8 Å². The zero-order valence-corrected chi connectivity index (χ0v) is 13.9. The van der Waals surface area contributed by atoms with Crippen molar-refractivity contribution in [2.75, 3.05) is 11.6 Å². The van der Waals surface area contributed by atoms with Crippen molar-refractivity contribution in [2.45, 2.75) is 5.16 Å². The Balaban J connectivity index is 1.88. The van der Waals surface area contributed by atoms with Crippen LogP contribution in [0, 0.1) is 0 Å². The first-order valence-electron chi connectivity index (χ1n) is 6.92. The minimum absolute atomic E-state index is 0.477. The van der Waals surface area contributed by atoms with Crippen molar-refractivity contribution in [1.82, 2.24) is 9.97 Å². The van der Waals surface area contributed by atoms with E-state index < -0.39 is 0 Å². The minimum atomic E-state index is 0.477. The number of nitrogens with zero attached hydrogens (tertiary/aromatic N) is 2. The average Bonchev–Trinajstić information content (AvgIpc) is 2.57. The molecule has 0 saturated heterocycles. The van der Waals surface area contributed by atoms with Gasteiger partial charge < -0.3 is 10.1 Å². The number of thioether (sulfide) groups is 1. The maximum Gasteiger partial charge on any atom is 0.225 e. The number of hydrogen-bond acceptors (Lipinski definition) is 5. The van der Waals surface area contributed by atoms with Gasteiger partial charge in [-0.3, -0.25) is 0 Å². The Morgan fingerprint density at radius 2 is 1.74 bits per heavy atom. The topological polar surface area (TPSA) is 47.0 Å². The molecule has 3 aromatic rings. The Hall–Kier alpha value is -2.24. The van der Waals surface area contributed by atoms with Gasteiger partial charge in [-0.05, 0) is 30.5 Å². The second-order valence-electron chi connectivity index (χ2n) is 4.60. The fourth-order valence-electron chi connectivity index (χ4n) is 1.92. The monoisotopic (exact) mass is 343 g/mol. The van der Waals surface area contributed by atoms with Crippen LogP contribution in [0.3, 0.4) is 0 Å². The summed E-state index contributed by atoms with van der Waals surface area (Å²) in [5, 5.41) is 4.44. The van der Waals surface area contributed by atoms with Crippen molar-refractivity contribution >= 4 is 34.9 Å². The third-order valence-electron chi connectivity index (χ3n) is 2.97. The largest absolute Gasteiger partial charge is 0.439 e. The average molecular weight is 344 g/mol. The summed E-state index contributed by atoms with van der Waals surface area (Å²) in [4.78, 5) is 8.80. The van der Waals surface area contributed by atoms with Crippen LogP contribution >= 0.6 is 23.4 Å². The molecule has 0 aliphatic rings. The fourth-order valence-corrected chi connectivity index (χ4v) is 2.48. The summed E-state index contributed by atoms with van der Waals surface area (Å²) in [7, 11) is 0. The lowest BCUT2D eigenvalue weighted by Gasteiger charge is -2.11. The predicted molar refractivity (Wildman–Crippen MR) is 95.1 cm³/mol. The maximum atomic E-state index is 6.17. The number of anilines is 2. The molecule has 0 radical (unpaired) electrons. The minimum Gasteiger partial charge on any atom is -0.439 e. The van der Waals surface area contributed by atoms with Gasteiger partial charge in [0, 0.05) is 6.07 Å². The molecule has 0 aliphatic heterocycles. The van der Waals surface area contributed by atoms with E-state index in [9.17, 15) is 0 Å². The van der Waals surface area contributed by atoms with E-state index in [-0.39, 0.29) is 0 Å². The van der Waals surface area contributed by atoms with Gasteiger partial charge in [-0.1, -0.05) is 53.7 Å². The van der Waals surface area contributed by atoms with Crippen LogP contribution in [0.5, 0.6) is 11.6 Å². The Morgan fingerprint density at radius 1 is 1.00 bits per heavy atom. The number of hydrogen-bond donors (Lipinski definition) is 1. The molecule has 1 heterocycles. The predicted octanol–water partition coefficient (Wildman–Crippen LogP) is 5.39. The molecule has 23 heavy (non-hydrogen) atoms. The Kier molecular flexibility index (Phi) is 5.00. The van der Waals surface area contributed by atoms with Gasteiger partial charge in [0.15, 0.2) is 5.16 Å². The first-order chi connectivity index (χ1) is 11.2. The van der Waals surface area contributed by atoms with Crippen LogP contribution in [0.2, 0.25) is 5.02 Å². The van der Waals surface area contributed by atoms with Gasteiger partial charge >= 0.3 is 0 Å². The van der Waals surface area contributed by atoms with Gasteiger partial charge in [-0.2, -0.15) is 4.98 Å². The third-order valence-corrected chi connectivity index (χ3v) is 3.84. The number of halogens is 1. The Bertz CT molecular complexity index is 799. The molecule has 2 aromatic carbocycles. The highest BCUT2D eigenvalue weighted by Crippen LogP contribution is 2.28. The first-order valence-corrected chi connectivity index (χ1v) is 8.52. The molecule has 1 aromatic heterocycles. The third kappa shape index (κ3) is 4.15. The lowest BCUT2D eigenvalue weighted by Crippen LogP contribution is -1.99. The van der Waals surface area contributed by atoms with Crippen LogP contribution in [0.15, 0.2) is 65.8 Å². The number of nitrogens with one attached hydrogen (secondary N) is 1. The second-order valence-corrected chi connectivity index (χ2v) is 5.78. The van der Waals surface area contributed by atoms with E-state index in [1.54, 1.807) is 6.07 Å². The lowest BCUT2D eigenvalue weighted by atomic mass is 10.3. The second kappa shape index (κ2) is 7.35. The summed E-state index contributed by atoms with van der Waals surface area (Å²) in [5.41, 5.74) is 0.783. The number of benzene rings is 2. The Morgan fingerprint density at radius 3 is 2.48 bits per heavy atom. The summed E-state index contributed by atoms with van der Waals surface area (Å²) >= 11 is 7.62. The van der Waals surface area contributed by atoms with E-state index in [4.69, 9.17) is 16.3 Å². The molecule has 3 rings (SSSR count). The molecular formula is C17H14ClN3OS. The van der Waals surface area contributed by atoms with E-state index in [2.05, 4.69) is 15.3 Å². The van der Waals surface area contributed by atoms with E-state index >= 15 is 0 Å². The molecule has 0 saturated carbocycles. The van der Waals surface area contributed by atoms with Crippen molar-refractivity contribution in [2.24, 2.45) is 0 Å². The van der Waals surface area contributed by atoms with E-state index in [0.717, 1.165) is 11.4 Å². The van der Waals surface area contributed by atoms with Crippen LogP contribution < -0.4 is 10.1 Å². The molecule has 0 atom stereocenters.